The van der Waals surface area contributed by atoms with E-state index in [-0.39, 0.29) is 11.6 Å². The number of aryl methyl sites for hydroxylation is 1. The molecule has 0 aliphatic carbocycles. The molecular weight excluding hydrogens is 374 g/mol. The normalized spacial score (nSPS) is 10.5. The van der Waals surface area contributed by atoms with Crippen LogP contribution in [-0.4, -0.2) is 20.8 Å². The molecule has 2 heterocycles. The number of hydrogen-bond acceptors (Lipinski definition) is 8. The van der Waals surface area contributed by atoms with Gasteiger partial charge in [0.2, 0.25) is 5.91 Å². The topological polar surface area (TPSA) is 110 Å². The Morgan fingerprint density at radius 2 is 1.96 bits per heavy atom. The molecule has 0 bridgehead atoms. The number of carbonyl (C=O) groups excluding carboxylic acids is 1. The van der Waals surface area contributed by atoms with Crippen LogP contribution in [-0.2, 0) is 4.79 Å². The second-order valence-corrected chi connectivity index (χ2v) is 7.16. The van der Waals surface area contributed by atoms with E-state index in [2.05, 4.69) is 20.6 Å². The summed E-state index contributed by atoms with van der Waals surface area (Å²) in [7, 11) is 0. The minimum Gasteiger partial charge on any atom is -0.332 e. The Morgan fingerprint density at radius 1 is 1.23 bits per heavy atom. The molecule has 0 radical (unpaired) electrons. The van der Waals surface area contributed by atoms with Crippen LogP contribution < -0.4 is 10.6 Å². The minimum absolute atomic E-state index is 0.0392. The van der Waals surface area contributed by atoms with Gasteiger partial charge in [-0.05, 0) is 19.1 Å². The second-order valence-electron chi connectivity index (χ2n) is 5.30. The smallest absolute Gasteiger partial charge is 0.269 e. The van der Waals surface area contributed by atoms with Crippen LogP contribution in [0.5, 0.6) is 0 Å². The number of aromatic nitrogens is 2. The van der Waals surface area contributed by atoms with Crippen LogP contribution in [0.25, 0.3) is 10.6 Å². The van der Waals surface area contributed by atoms with Crippen molar-refractivity contribution in [1.29, 1.82) is 0 Å². The van der Waals surface area contributed by atoms with Crippen molar-refractivity contribution in [2.75, 3.05) is 10.6 Å². The van der Waals surface area contributed by atoms with E-state index in [1.165, 1.54) is 34.8 Å². The lowest BCUT2D eigenvalue weighted by Crippen LogP contribution is -2.08. The van der Waals surface area contributed by atoms with Gasteiger partial charge in [0.05, 0.1) is 21.2 Å². The standard InChI is InChI=1S/C16H15N5O3S2/c1-3-13(22)20-16-17-9(2)14(26-16)12-8-25-15(19-12)18-10-4-6-11(7-5-10)21(23)24/h4-8H,3H2,1-2H3,(H,18,19)(H,17,20,22). The summed E-state index contributed by atoms with van der Waals surface area (Å²) in [6.07, 6.45) is 0.397. The number of amides is 1. The monoisotopic (exact) mass is 389 g/mol. The predicted molar refractivity (Wildman–Crippen MR) is 103 cm³/mol. The summed E-state index contributed by atoms with van der Waals surface area (Å²) < 4.78 is 0. The minimum atomic E-state index is -0.438. The fourth-order valence-corrected chi connectivity index (χ4v) is 3.86. The Labute approximate surface area is 157 Å². The number of nitrogens with one attached hydrogen (secondary N) is 2. The van der Waals surface area contributed by atoms with E-state index >= 15 is 0 Å². The molecule has 2 N–H and O–H groups in total. The molecule has 0 saturated heterocycles. The van der Waals surface area contributed by atoms with Crippen LogP contribution >= 0.6 is 22.7 Å². The summed E-state index contributed by atoms with van der Waals surface area (Å²) in [4.78, 5) is 31.6. The van der Waals surface area contributed by atoms with Crippen molar-refractivity contribution >= 4 is 50.2 Å². The van der Waals surface area contributed by atoms with Gasteiger partial charge in [0, 0.05) is 29.6 Å². The van der Waals surface area contributed by atoms with Crippen LogP contribution in [0.3, 0.4) is 0 Å². The first kappa shape index (κ1) is 18.0. The number of nitro benzene ring substituents is 1. The van der Waals surface area contributed by atoms with Crippen molar-refractivity contribution < 1.29 is 9.72 Å². The summed E-state index contributed by atoms with van der Waals surface area (Å²) in [5.41, 5.74) is 2.32. The highest BCUT2D eigenvalue weighted by Crippen LogP contribution is 2.35. The van der Waals surface area contributed by atoms with E-state index in [0.717, 1.165) is 16.3 Å². The average Bonchev–Trinajstić information content (AvgIpc) is 3.21. The van der Waals surface area contributed by atoms with Crippen molar-refractivity contribution in [3.63, 3.8) is 0 Å². The van der Waals surface area contributed by atoms with Gasteiger partial charge in [-0.15, -0.1) is 11.3 Å². The summed E-state index contributed by atoms with van der Waals surface area (Å²) in [6, 6.07) is 6.14. The molecule has 3 rings (SSSR count). The van der Waals surface area contributed by atoms with Crippen molar-refractivity contribution in [3.8, 4) is 10.6 Å². The Bertz CT molecular complexity index is 949. The third-order valence-electron chi connectivity index (χ3n) is 3.43. The van der Waals surface area contributed by atoms with E-state index < -0.39 is 4.92 Å². The summed E-state index contributed by atoms with van der Waals surface area (Å²) >= 11 is 2.80. The van der Waals surface area contributed by atoms with Crippen LogP contribution in [0.15, 0.2) is 29.6 Å². The summed E-state index contributed by atoms with van der Waals surface area (Å²) in [5, 5.41) is 19.7. The van der Waals surface area contributed by atoms with E-state index in [1.807, 2.05) is 12.3 Å². The lowest BCUT2D eigenvalue weighted by atomic mass is 10.3. The first-order valence-electron chi connectivity index (χ1n) is 7.71. The number of non-ortho nitro benzene ring substituents is 1. The van der Waals surface area contributed by atoms with Crippen LogP contribution in [0.4, 0.5) is 21.6 Å². The lowest BCUT2D eigenvalue weighted by molar-refractivity contribution is -0.384. The summed E-state index contributed by atoms with van der Waals surface area (Å²) in [5.74, 6) is -0.0795. The lowest BCUT2D eigenvalue weighted by Gasteiger charge is -2.01. The Kier molecular flexibility index (Phi) is 5.24. The van der Waals surface area contributed by atoms with E-state index in [9.17, 15) is 14.9 Å². The van der Waals surface area contributed by atoms with Crippen LogP contribution in [0.2, 0.25) is 0 Å². The maximum Gasteiger partial charge on any atom is 0.269 e. The maximum absolute atomic E-state index is 11.5. The molecule has 26 heavy (non-hydrogen) atoms. The quantitative estimate of drug-likeness (QED) is 0.472. The largest absolute Gasteiger partial charge is 0.332 e. The van der Waals surface area contributed by atoms with E-state index in [4.69, 9.17) is 0 Å². The Morgan fingerprint density at radius 3 is 2.62 bits per heavy atom. The van der Waals surface area contributed by atoms with E-state index in [0.29, 0.717) is 22.4 Å². The fraction of sp³-hybridized carbons (Fsp3) is 0.188. The first-order valence-corrected chi connectivity index (χ1v) is 9.40. The van der Waals surface area contributed by atoms with Gasteiger partial charge < -0.3 is 10.6 Å². The zero-order valence-electron chi connectivity index (χ0n) is 14.0. The molecule has 0 saturated carbocycles. The van der Waals surface area contributed by atoms with Gasteiger partial charge in [-0.25, -0.2) is 9.97 Å². The van der Waals surface area contributed by atoms with Gasteiger partial charge in [0.15, 0.2) is 10.3 Å². The van der Waals surface area contributed by atoms with Crippen molar-refractivity contribution in [3.05, 3.63) is 45.5 Å². The molecule has 1 amide bonds. The molecule has 8 nitrogen and oxygen atoms in total. The van der Waals surface area contributed by atoms with Gasteiger partial charge in [-0.1, -0.05) is 18.3 Å². The van der Waals surface area contributed by atoms with Gasteiger partial charge in [-0.3, -0.25) is 14.9 Å². The first-order chi connectivity index (χ1) is 12.5. The highest BCUT2D eigenvalue weighted by Gasteiger charge is 2.14. The predicted octanol–water partition coefficient (Wildman–Crippen LogP) is 4.58. The molecule has 0 unspecified atom stereocenters. The van der Waals surface area contributed by atoms with Gasteiger partial charge >= 0.3 is 0 Å². The third-order valence-corrected chi connectivity index (χ3v) is 5.28. The molecule has 10 heteroatoms. The number of rotatable bonds is 6. The zero-order valence-corrected chi connectivity index (χ0v) is 15.6. The zero-order chi connectivity index (χ0) is 18.7. The molecular formula is C16H15N5O3S2. The van der Waals surface area contributed by atoms with Gasteiger partial charge in [0.25, 0.3) is 5.69 Å². The second kappa shape index (κ2) is 7.58. The van der Waals surface area contributed by atoms with E-state index in [1.54, 1.807) is 19.1 Å². The Balaban J connectivity index is 1.75. The van der Waals surface area contributed by atoms with Crippen LogP contribution in [0, 0.1) is 17.0 Å². The maximum atomic E-state index is 11.5. The van der Waals surface area contributed by atoms with Crippen molar-refractivity contribution in [2.24, 2.45) is 0 Å². The molecule has 2 aromatic heterocycles. The number of nitro groups is 1. The van der Waals surface area contributed by atoms with Gasteiger partial charge in [0.1, 0.15) is 0 Å². The van der Waals surface area contributed by atoms with Gasteiger partial charge in [-0.2, -0.15) is 0 Å². The van der Waals surface area contributed by atoms with Crippen molar-refractivity contribution in [2.45, 2.75) is 20.3 Å². The molecule has 1 aromatic carbocycles. The van der Waals surface area contributed by atoms with Crippen LogP contribution in [0.1, 0.15) is 19.0 Å². The Hall–Kier alpha value is -2.85. The molecule has 0 aliphatic rings. The number of anilines is 3. The molecule has 0 fully saturated rings. The number of carbonyl (C=O) groups is 1. The van der Waals surface area contributed by atoms with Crippen molar-refractivity contribution in [1.82, 2.24) is 9.97 Å². The third kappa shape index (κ3) is 4.03. The molecule has 134 valence electrons. The number of thiazole rings is 2. The molecule has 3 aromatic rings. The number of benzene rings is 1. The number of nitrogens with zero attached hydrogens (tertiary/aromatic N) is 3. The molecule has 0 atom stereocenters. The average molecular weight is 389 g/mol. The highest BCUT2D eigenvalue weighted by atomic mass is 32.1. The fourth-order valence-electron chi connectivity index (χ4n) is 2.12. The molecule has 0 spiro atoms. The molecule has 0 aliphatic heterocycles. The SMILES string of the molecule is CCC(=O)Nc1nc(C)c(-c2csc(Nc3ccc([N+](=O)[O-])cc3)n2)s1. The summed E-state index contributed by atoms with van der Waals surface area (Å²) in [6.45, 7) is 3.66. The number of hydrogen-bond donors (Lipinski definition) is 2. The highest BCUT2D eigenvalue weighted by molar-refractivity contribution is 7.20.